The first-order valence-corrected chi connectivity index (χ1v) is 6.35. The van der Waals surface area contributed by atoms with Gasteiger partial charge >= 0.3 is 0 Å². The Morgan fingerprint density at radius 2 is 1.62 bits per heavy atom. The molecular formula is C14H22N2. The molecule has 2 nitrogen and oxygen atoms in total. The van der Waals surface area contributed by atoms with E-state index in [1.807, 2.05) is 0 Å². The summed E-state index contributed by atoms with van der Waals surface area (Å²) in [7, 11) is 0. The van der Waals surface area contributed by atoms with Crippen LogP contribution >= 0.6 is 0 Å². The second kappa shape index (κ2) is 5.46. The average Bonchev–Trinajstić information content (AvgIpc) is 2.73. The molecule has 0 aromatic heterocycles. The summed E-state index contributed by atoms with van der Waals surface area (Å²) < 4.78 is 0. The summed E-state index contributed by atoms with van der Waals surface area (Å²) in [5.74, 6) is 0. The molecule has 1 aromatic carbocycles. The van der Waals surface area contributed by atoms with Gasteiger partial charge in [-0.25, -0.2) is 0 Å². The summed E-state index contributed by atoms with van der Waals surface area (Å²) in [6.45, 7) is 11.5. The van der Waals surface area contributed by atoms with Crippen LogP contribution in [-0.2, 0) is 13.1 Å². The van der Waals surface area contributed by atoms with Crippen molar-refractivity contribution in [2.45, 2.75) is 26.9 Å². The lowest BCUT2D eigenvalue weighted by Crippen LogP contribution is -2.32. The van der Waals surface area contributed by atoms with Gasteiger partial charge in [0.2, 0.25) is 0 Å². The summed E-state index contributed by atoms with van der Waals surface area (Å²) in [6, 6.07) is 8.80. The van der Waals surface area contributed by atoms with Gasteiger partial charge < -0.3 is 4.90 Å². The average molecular weight is 218 g/mol. The van der Waals surface area contributed by atoms with Gasteiger partial charge in [0.15, 0.2) is 0 Å². The zero-order valence-electron chi connectivity index (χ0n) is 10.4. The Bertz CT molecular complexity index is 306. The fraction of sp³-hybridized carbons (Fsp3) is 0.571. The van der Waals surface area contributed by atoms with Gasteiger partial charge in [-0.3, -0.25) is 4.90 Å². The molecule has 0 radical (unpaired) electrons. The Labute approximate surface area is 98.9 Å². The van der Waals surface area contributed by atoms with E-state index in [0.29, 0.717) is 0 Å². The maximum Gasteiger partial charge on any atom is 0.0241 e. The van der Waals surface area contributed by atoms with Crippen molar-refractivity contribution in [3.8, 4) is 0 Å². The van der Waals surface area contributed by atoms with Gasteiger partial charge in [-0.15, -0.1) is 0 Å². The van der Waals surface area contributed by atoms with Gasteiger partial charge in [-0.2, -0.15) is 0 Å². The van der Waals surface area contributed by atoms with Crippen LogP contribution in [0.3, 0.4) is 0 Å². The highest BCUT2D eigenvalue weighted by Gasteiger charge is 2.17. The Kier molecular flexibility index (Phi) is 3.97. The first-order chi connectivity index (χ1) is 7.83. The number of hydrogen-bond acceptors (Lipinski definition) is 2. The van der Waals surface area contributed by atoms with E-state index in [1.54, 1.807) is 0 Å². The molecule has 16 heavy (non-hydrogen) atoms. The van der Waals surface area contributed by atoms with Crippen molar-refractivity contribution in [3.63, 3.8) is 0 Å². The fourth-order valence-corrected chi connectivity index (χ4v) is 2.38. The van der Waals surface area contributed by atoms with Gasteiger partial charge in [-0.1, -0.05) is 38.1 Å². The third kappa shape index (κ3) is 2.63. The maximum atomic E-state index is 2.54. The molecule has 0 N–H and O–H groups in total. The number of fused-ring (bicyclic) bond motifs is 1. The minimum atomic E-state index is 1.14. The molecule has 0 atom stereocenters. The molecule has 0 unspecified atom stereocenters. The first kappa shape index (κ1) is 11.6. The van der Waals surface area contributed by atoms with Gasteiger partial charge in [0, 0.05) is 26.2 Å². The zero-order chi connectivity index (χ0) is 11.4. The van der Waals surface area contributed by atoms with Crippen LogP contribution in [0.15, 0.2) is 24.3 Å². The van der Waals surface area contributed by atoms with Crippen LogP contribution in [0.5, 0.6) is 0 Å². The molecule has 0 amide bonds. The fourth-order valence-electron chi connectivity index (χ4n) is 2.38. The van der Waals surface area contributed by atoms with E-state index in [2.05, 4.69) is 47.9 Å². The van der Waals surface area contributed by atoms with Gasteiger partial charge in [0.25, 0.3) is 0 Å². The molecule has 0 saturated carbocycles. The Hall–Kier alpha value is -0.860. The minimum Gasteiger partial charge on any atom is -0.303 e. The number of nitrogens with zero attached hydrogens (tertiary/aromatic N) is 2. The summed E-state index contributed by atoms with van der Waals surface area (Å²) in [4.78, 5) is 5.03. The summed E-state index contributed by atoms with van der Waals surface area (Å²) in [6.07, 6.45) is 0. The minimum absolute atomic E-state index is 1.14. The number of likely N-dealkylation sites (N-methyl/N-ethyl adjacent to an activating group) is 1. The topological polar surface area (TPSA) is 6.48 Å². The van der Waals surface area contributed by atoms with Crippen molar-refractivity contribution < 1.29 is 0 Å². The van der Waals surface area contributed by atoms with Crippen molar-refractivity contribution in [2.24, 2.45) is 0 Å². The van der Waals surface area contributed by atoms with E-state index in [0.717, 1.165) is 26.2 Å². The molecular weight excluding hydrogens is 196 g/mol. The Morgan fingerprint density at radius 1 is 1.06 bits per heavy atom. The van der Waals surface area contributed by atoms with Crippen molar-refractivity contribution in [1.82, 2.24) is 9.80 Å². The van der Waals surface area contributed by atoms with Crippen LogP contribution in [0.1, 0.15) is 25.0 Å². The molecule has 0 saturated heterocycles. The molecule has 88 valence electrons. The van der Waals surface area contributed by atoms with E-state index in [1.165, 1.54) is 24.2 Å². The normalized spacial score (nSPS) is 15.7. The predicted octanol–water partition coefficient (Wildman–Crippen LogP) is 2.34. The van der Waals surface area contributed by atoms with Crippen LogP contribution in [0.4, 0.5) is 0 Å². The molecule has 1 aliphatic heterocycles. The lowest BCUT2D eigenvalue weighted by molar-refractivity contribution is 0.216. The van der Waals surface area contributed by atoms with Gasteiger partial charge in [0.1, 0.15) is 0 Å². The highest BCUT2D eigenvalue weighted by Crippen LogP contribution is 2.21. The van der Waals surface area contributed by atoms with Crippen LogP contribution < -0.4 is 0 Å². The smallest absolute Gasteiger partial charge is 0.0241 e. The summed E-state index contributed by atoms with van der Waals surface area (Å²) >= 11 is 0. The largest absolute Gasteiger partial charge is 0.303 e. The molecule has 2 heteroatoms. The molecule has 1 heterocycles. The van der Waals surface area contributed by atoms with E-state index in [4.69, 9.17) is 0 Å². The van der Waals surface area contributed by atoms with Crippen LogP contribution in [0.25, 0.3) is 0 Å². The van der Waals surface area contributed by atoms with Crippen molar-refractivity contribution in [2.75, 3.05) is 26.2 Å². The summed E-state index contributed by atoms with van der Waals surface area (Å²) in [5.41, 5.74) is 3.03. The maximum absolute atomic E-state index is 2.54. The standard InChI is InChI=1S/C14H22N2/c1-3-15(4-2)9-10-16-11-13-7-5-6-8-14(13)12-16/h5-8H,3-4,9-12H2,1-2H3. The monoisotopic (exact) mass is 218 g/mol. The molecule has 0 fully saturated rings. The zero-order valence-corrected chi connectivity index (χ0v) is 10.4. The van der Waals surface area contributed by atoms with Gasteiger partial charge in [-0.05, 0) is 24.2 Å². The van der Waals surface area contributed by atoms with Crippen molar-refractivity contribution in [3.05, 3.63) is 35.4 Å². The Morgan fingerprint density at radius 3 is 2.12 bits per heavy atom. The predicted molar refractivity (Wildman–Crippen MR) is 68.3 cm³/mol. The molecule has 2 rings (SSSR count). The van der Waals surface area contributed by atoms with Crippen LogP contribution in [0, 0.1) is 0 Å². The molecule has 1 aromatic rings. The molecule has 1 aliphatic rings. The van der Waals surface area contributed by atoms with E-state index in [9.17, 15) is 0 Å². The second-order valence-electron chi connectivity index (χ2n) is 4.51. The molecule has 0 aliphatic carbocycles. The SMILES string of the molecule is CCN(CC)CCN1Cc2ccccc2C1. The van der Waals surface area contributed by atoms with Crippen molar-refractivity contribution in [1.29, 1.82) is 0 Å². The lowest BCUT2D eigenvalue weighted by Gasteiger charge is -2.22. The first-order valence-electron chi connectivity index (χ1n) is 6.35. The Balaban J connectivity index is 1.83. The van der Waals surface area contributed by atoms with Gasteiger partial charge in [0.05, 0.1) is 0 Å². The quantitative estimate of drug-likeness (QED) is 0.748. The number of benzene rings is 1. The highest BCUT2D eigenvalue weighted by molar-refractivity contribution is 5.30. The highest BCUT2D eigenvalue weighted by atomic mass is 15.2. The van der Waals surface area contributed by atoms with Crippen LogP contribution in [0.2, 0.25) is 0 Å². The van der Waals surface area contributed by atoms with Crippen molar-refractivity contribution >= 4 is 0 Å². The number of hydrogen-bond donors (Lipinski definition) is 0. The third-order valence-electron chi connectivity index (χ3n) is 3.53. The lowest BCUT2D eigenvalue weighted by atomic mass is 10.1. The van der Waals surface area contributed by atoms with E-state index >= 15 is 0 Å². The summed E-state index contributed by atoms with van der Waals surface area (Å²) in [5, 5.41) is 0. The van der Waals surface area contributed by atoms with E-state index < -0.39 is 0 Å². The second-order valence-corrected chi connectivity index (χ2v) is 4.51. The molecule has 0 bridgehead atoms. The van der Waals surface area contributed by atoms with E-state index in [-0.39, 0.29) is 0 Å². The third-order valence-corrected chi connectivity index (χ3v) is 3.53. The van der Waals surface area contributed by atoms with Crippen LogP contribution in [-0.4, -0.2) is 36.0 Å². The number of rotatable bonds is 5. The molecule has 0 spiro atoms.